The molecule has 1 aromatic heterocycles. The van der Waals surface area contributed by atoms with Gasteiger partial charge in [-0.2, -0.15) is 0 Å². The van der Waals surface area contributed by atoms with Gasteiger partial charge in [0.15, 0.2) is 5.82 Å². The number of aromatic nitrogens is 4. The van der Waals surface area contributed by atoms with Gasteiger partial charge in [0.2, 0.25) is 0 Å². The van der Waals surface area contributed by atoms with Crippen molar-refractivity contribution in [2.45, 2.75) is 32.9 Å². The minimum absolute atomic E-state index is 0.305. The molecule has 0 unspecified atom stereocenters. The van der Waals surface area contributed by atoms with Crippen LogP contribution in [0.15, 0.2) is 18.2 Å². The molecule has 0 radical (unpaired) electrons. The van der Waals surface area contributed by atoms with Crippen LogP contribution < -0.4 is 4.74 Å². The van der Waals surface area contributed by atoms with E-state index in [2.05, 4.69) is 15.5 Å². The van der Waals surface area contributed by atoms with Gasteiger partial charge in [-0.3, -0.25) is 0 Å². The lowest BCUT2D eigenvalue weighted by Gasteiger charge is -2.21. The van der Waals surface area contributed by atoms with Gasteiger partial charge in [-0.1, -0.05) is 17.7 Å². The third kappa shape index (κ3) is 3.75. The lowest BCUT2D eigenvalue weighted by Crippen LogP contribution is -2.22. The number of nitrogens with zero attached hydrogens (tertiary/aromatic N) is 4. The normalized spacial score (nSPS) is 15.9. The zero-order valence-electron chi connectivity index (χ0n) is 12.5. The van der Waals surface area contributed by atoms with Crippen molar-refractivity contribution in [1.82, 2.24) is 20.2 Å². The molecule has 1 fully saturated rings. The second-order valence-electron chi connectivity index (χ2n) is 5.56. The number of ether oxygens (including phenoxy) is 2. The molecule has 1 aliphatic heterocycles. The van der Waals surface area contributed by atoms with Crippen molar-refractivity contribution in [1.29, 1.82) is 0 Å². The minimum atomic E-state index is 0.305. The Bertz CT molecular complexity index is 626. The molecule has 2 aromatic rings. The number of hydrogen-bond acceptors (Lipinski definition) is 5. The summed E-state index contributed by atoms with van der Waals surface area (Å²) in [5.41, 5.74) is 1.10. The molecule has 22 heavy (non-hydrogen) atoms. The summed E-state index contributed by atoms with van der Waals surface area (Å²) in [6, 6.07) is 5.71. The molecule has 118 valence electrons. The molecule has 6 nitrogen and oxygen atoms in total. The van der Waals surface area contributed by atoms with Gasteiger partial charge in [0.1, 0.15) is 12.4 Å². The smallest absolute Gasteiger partial charge is 0.189 e. The number of tetrazole rings is 1. The second kappa shape index (κ2) is 7.07. The van der Waals surface area contributed by atoms with E-state index in [1.165, 1.54) is 0 Å². The maximum atomic E-state index is 6.17. The number of aryl methyl sites for hydroxylation is 1. The van der Waals surface area contributed by atoms with Crippen LogP contribution in [0, 0.1) is 12.8 Å². The summed E-state index contributed by atoms with van der Waals surface area (Å²) < 4.78 is 12.9. The highest BCUT2D eigenvalue weighted by molar-refractivity contribution is 6.32. The highest BCUT2D eigenvalue weighted by atomic mass is 35.5. The van der Waals surface area contributed by atoms with Crippen molar-refractivity contribution in [3.8, 4) is 5.75 Å². The number of halogens is 1. The molecule has 2 heterocycles. The summed E-state index contributed by atoms with van der Waals surface area (Å²) in [4.78, 5) is 0. The van der Waals surface area contributed by atoms with Gasteiger partial charge in [0, 0.05) is 19.8 Å². The van der Waals surface area contributed by atoms with Gasteiger partial charge in [0.25, 0.3) is 0 Å². The average Bonchev–Trinajstić information content (AvgIpc) is 2.95. The summed E-state index contributed by atoms with van der Waals surface area (Å²) in [5, 5.41) is 12.5. The van der Waals surface area contributed by atoms with E-state index in [-0.39, 0.29) is 0 Å². The Kier molecular flexibility index (Phi) is 4.90. The largest absolute Gasteiger partial charge is 0.484 e. The third-order valence-corrected chi connectivity index (χ3v) is 4.12. The second-order valence-corrected chi connectivity index (χ2v) is 5.96. The van der Waals surface area contributed by atoms with Crippen LogP contribution in [0.25, 0.3) is 0 Å². The summed E-state index contributed by atoms with van der Waals surface area (Å²) in [7, 11) is 0. The fourth-order valence-corrected chi connectivity index (χ4v) is 2.80. The van der Waals surface area contributed by atoms with Crippen LogP contribution in [0.1, 0.15) is 24.2 Å². The van der Waals surface area contributed by atoms with Crippen LogP contribution in [0.3, 0.4) is 0 Å². The Morgan fingerprint density at radius 3 is 2.95 bits per heavy atom. The molecule has 0 spiro atoms. The Morgan fingerprint density at radius 2 is 2.18 bits per heavy atom. The summed E-state index contributed by atoms with van der Waals surface area (Å²) in [5.74, 6) is 1.91. The Morgan fingerprint density at radius 1 is 1.36 bits per heavy atom. The van der Waals surface area contributed by atoms with Crippen molar-refractivity contribution >= 4 is 11.6 Å². The van der Waals surface area contributed by atoms with Gasteiger partial charge >= 0.3 is 0 Å². The van der Waals surface area contributed by atoms with Gasteiger partial charge in [-0.05, 0) is 53.8 Å². The zero-order valence-corrected chi connectivity index (χ0v) is 13.3. The van der Waals surface area contributed by atoms with Crippen LogP contribution >= 0.6 is 11.6 Å². The monoisotopic (exact) mass is 322 g/mol. The molecule has 1 saturated heterocycles. The molecule has 1 aliphatic rings. The molecule has 0 amide bonds. The fourth-order valence-electron chi connectivity index (χ4n) is 2.51. The first kappa shape index (κ1) is 15.2. The van der Waals surface area contributed by atoms with E-state index in [9.17, 15) is 0 Å². The van der Waals surface area contributed by atoms with Gasteiger partial charge in [-0.25, -0.2) is 4.68 Å². The van der Waals surface area contributed by atoms with Crippen LogP contribution in [0.2, 0.25) is 5.02 Å². The first-order valence-electron chi connectivity index (χ1n) is 7.44. The van der Waals surface area contributed by atoms with E-state index in [1.807, 2.05) is 29.8 Å². The zero-order chi connectivity index (χ0) is 15.4. The van der Waals surface area contributed by atoms with Gasteiger partial charge < -0.3 is 9.47 Å². The predicted octanol–water partition coefficient (Wildman–Crippen LogP) is 2.64. The Labute approximate surface area is 134 Å². The number of rotatable bonds is 5. The Balaban J connectivity index is 1.62. The number of hydrogen-bond donors (Lipinski definition) is 0. The van der Waals surface area contributed by atoms with Gasteiger partial charge in [-0.15, -0.1) is 5.10 Å². The topological polar surface area (TPSA) is 62.1 Å². The lowest BCUT2D eigenvalue weighted by atomic mass is 10.0. The van der Waals surface area contributed by atoms with Crippen molar-refractivity contribution in [2.75, 3.05) is 13.2 Å². The first-order valence-corrected chi connectivity index (χ1v) is 7.82. The summed E-state index contributed by atoms with van der Waals surface area (Å²) in [6.07, 6.45) is 2.09. The molecule has 0 saturated carbocycles. The molecule has 0 atom stereocenters. The van der Waals surface area contributed by atoms with Crippen LogP contribution in [0.5, 0.6) is 5.75 Å². The molecule has 3 rings (SSSR count). The maximum Gasteiger partial charge on any atom is 0.189 e. The SMILES string of the molecule is Cc1ccc(OCc2nnnn2CC2CCOCC2)c(Cl)c1. The van der Waals surface area contributed by atoms with Crippen molar-refractivity contribution in [3.63, 3.8) is 0 Å². The molecule has 1 aromatic carbocycles. The maximum absolute atomic E-state index is 6.17. The minimum Gasteiger partial charge on any atom is -0.484 e. The quantitative estimate of drug-likeness (QED) is 0.847. The first-order chi connectivity index (χ1) is 10.7. The van der Waals surface area contributed by atoms with E-state index < -0.39 is 0 Å². The molecule has 0 N–H and O–H groups in total. The molecule has 7 heteroatoms. The summed E-state index contributed by atoms with van der Waals surface area (Å²) >= 11 is 6.17. The summed E-state index contributed by atoms with van der Waals surface area (Å²) in [6.45, 7) is 4.73. The molecule has 0 aliphatic carbocycles. The molecule has 0 bridgehead atoms. The van der Waals surface area contributed by atoms with E-state index >= 15 is 0 Å². The van der Waals surface area contributed by atoms with E-state index in [0.717, 1.165) is 38.2 Å². The number of benzene rings is 1. The van der Waals surface area contributed by atoms with E-state index in [4.69, 9.17) is 21.1 Å². The van der Waals surface area contributed by atoms with Crippen molar-refractivity contribution in [3.05, 3.63) is 34.6 Å². The molecular weight excluding hydrogens is 304 g/mol. The lowest BCUT2D eigenvalue weighted by molar-refractivity contribution is 0.0593. The standard InChI is InChI=1S/C15H19ClN4O2/c1-11-2-3-14(13(16)8-11)22-10-15-17-18-19-20(15)9-12-4-6-21-7-5-12/h2-3,8,12H,4-7,9-10H2,1H3. The van der Waals surface area contributed by atoms with Gasteiger partial charge in [0.05, 0.1) is 5.02 Å². The average molecular weight is 323 g/mol. The third-order valence-electron chi connectivity index (χ3n) is 3.82. The van der Waals surface area contributed by atoms with Crippen molar-refractivity contribution in [2.24, 2.45) is 5.92 Å². The van der Waals surface area contributed by atoms with Crippen LogP contribution in [0.4, 0.5) is 0 Å². The van der Waals surface area contributed by atoms with Crippen LogP contribution in [-0.2, 0) is 17.9 Å². The molecular formula is C15H19ClN4O2. The van der Waals surface area contributed by atoms with Crippen LogP contribution in [-0.4, -0.2) is 33.4 Å². The van der Waals surface area contributed by atoms with E-state index in [1.54, 1.807) is 0 Å². The van der Waals surface area contributed by atoms with Crippen molar-refractivity contribution < 1.29 is 9.47 Å². The highest BCUT2D eigenvalue weighted by Gasteiger charge is 2.17. The fraction of sp³-hybridized carbons (Fsp3) is 0.533. The van der Waals surface area contributed by atoms with E-state index in [0.29, 0.717) is 29.1 Å². The Hall–Kier alpha value is -1.66. The highest BCUT2D eigenvalue weighted by Crippen LogP contribution is 2.26. The predicted molar refractivity (Wildman–Crippen MR) is 81.9 cm³/mol.